The minimum atomic E-state index is -0.533. The molecule has 0 fully saturated rings. The zero-order valence-corrected chi connectivity index (χ0v) is 20.5. The average Bonchev–Trinajstić information content (AvgIpc) is 2.89. The molecule has 3 aromatic rings. The van der Waals surface area contributed by atoms with Gasteiger partial charge < -0.3 is 24.8 Å². The second-order valence-electron chi connectivity index (χ2n) is 7.87. The molecule has 0 spiro atoms. The van der Waals surface area contributed by atoms with E-state index in [0.29, 0.717) is 29.9 Å². The van der Waals surface area contributed by atoms with Crippen molar-refractivity contribution in [2.24, 2.45) is 0 Å². The van der Waals surface area contributed by atoms with Gasteiger partial charge in [0, 0.05) is 0 Å². The Bertz CT molecular complexity index is 1270. The predicted molar refractivity (Wildman–Crippen MR) is 143 cm³/mol. The van der Waals surface area contributed by atoms with Gasteiger partial charge in [0.2, 0.25) is 0 Å². The maximum Gasteiger partial charge on any atom is 0.189 e. The van der Waals surface area contributed by atoms with Gasteiger partial charge in [-0.05, 0) is 85.2 Å². The highest BCUT2D eigenvalue weighted by Crippen LogP contribution is 2.28. The summed E-state index contributed by atoms with van der Waals surface area (Å²) in [6.07, 6.45) is 7.05. The van der Waals surface area contributed by atoms with Crippen LogP contribution in [0.15, 0.2) is 78.4 Å². The van der Waals surface area contributed by atoms with E-state index < -0.39 is 11.6 Å². The van der Waals surface area contributed by atoms with Crippen molar-refractivity contribution in [1.29, 1.82) is 0 Å². The van der Waals surface area contributed by atoms with Crippen LogP contribution in [0, 0.1) is 0 Å². The number of phenols is 3. The number of phenolic OH excluding ortho intramolecular Hbond substituents is 3. The Balaban J connectivity index is 1.91. The Morgan fingerprint density at radius 3 is 1.54 bits per heavy atom. The molecule has 190 valence electrons. The monoisotopic (exact) mass is 500 g/mol. The van der Waals surface area contributed by atoms with Crippen LogP contribution in [-0.2, 0) is 9.59 Å². The lowest BCUT2D eigenvalue weighted by molar-refractivity contribution is -0.116. The smallest absolute Gasteiger partial charge is 0.189 e. The van der Waals surface area contributed by atoms with Crippen LogP contribution in [0.5, 0.6) is 28.7 Å². The van der Waals surface area contributed by atoms with Gasteiger partial charge in [-0.3, -0.25) is 9.59 Å². The summed E-state index contributed by atoms with van der Waals surface area (Å²) in [5.41, 5.74) is 1.68. The summed E-state index contributed by atoms with van der Waals surface area (Å²) in [6.45, 7) is 4.32. The normalized spacial score (nSPS) is 11.0. The Labute approximate surface area is 215 Å². The fourth-order valence-corrected chi connectivity index (χ4v) is 3.34. The maximum absolute atomic E-state index is 13.1. The van der Waals surface area contributed by atoms with Gasteiger partial charge in [0.05, 0.1) is 18.8 Å². The molecule has 0 aliphatic rings. The fourth-order valence-electron chi connectivity index (χ4n) is 3.34. The van der Waals surface area contributed by atoms with Crippen molar-refractivity contribution in [3.63, 3.8) is 0 Å². The van der Waals surface area contributed by atoms with Crippen LogP contribution in [-0.4, -0.2) is 40.1 Å². The van der Waals surface area contributed by atoms with Crippen LogP contribution in [0.1, 0.15) is 30.5 Å². The summed E-state index contributed by atoms with van der Waals surface area (Å²) < 4.78 is 10.7. The number of carbonyl (C=O) groups excluding carboxylic acids is 2. The topological polar surface area (TPSA) is 113 Å². The van der Waals surface area contributed by atoms with Crippen molar-refractivity contribution >= 4 is 29.8 Å². The number of carbonyl (C=O) groups is 2. The lowest BCUT2D eigenvalue weighted by atomic mass is 10.0. The predicted octanol–water partition coefficient (Wildman–Crippen LogP) is 5.55. The van der Waals surface area contributed by atoms with Gasteiger partial charge in [0.25, 0.3) is 0 Å². The highest BCUT2D eigenvalue weighted by molar-refractivity contribution is 6.31. The van der Waals surface area contributed by atoms with Gasteiger partial charge in [-0.15, -0.1) is 0 Å². The Morgan fingerprint density at radius 1 is 0.676 bits per heavy atom. The molecule has 0 unspecified atom stereocenters. The lowest BCUT2D eigenvalue weighted by Crippen LogP contribution is -2.08. The van der Waals surface area contributed by atoms with Crippen LogP contribution in [0.2, 0.25) is 0 Å². The molecule has 7 heteroatoms. The summed E-state index contributed by atoms with van der Waals surface area (Å²) in [7, 11) is 0. The molecular formula is C30H28O7. The molecule has 0 aliphatic carbocycles. The molecule has 0 saturated heterocycles. The molecule has 0 saturated carbocycles. The minimum Gasteiger partial charge on any atom is -0.508 e. The average molecular weight is 501 g/mol. The zero-order valence-electron chi connectivity index (χ0n) is 20.5. The molecule has 3 aromatic carbocycles. The largest absolute Gasteiger partial charge is 0.508 e. The SMILES string of the molecule is CCOc1cc(/C=C/C(=O)C(=Cc2ccc(O)cc2)C(=O)/C=C/c2ccc(O)c(OCC)c2)ccc1O. The number of hydrogen-bond donors (Lipinski definition) is 3. The first-order valence-corrected chi connectivity index (χ1v) is 11.7. The van der Waals surface area contributed by atoms with Crippen molar-refractivity contribution in [1.82, 2.24) is 0 Å². The molecule has 0 amide bonds. The summed E-state index contributed by atoms with van der Waals surface area (Å²) in [4.78, 5) is 26.2. The van der Waals surface area contributed by atoms with Gasteiger partial charge in [0.1, 0.15) is 5.75 Å². The first kappa shape index (κ1) is 26.8. The zero-order chi connectivity index (χ0) is 26.8. The molecule has 3 N–H and O–H groups in total. The Hall–Kier alpha value is -4.78. The maximum atomic E-state index is 13.1. The van der Waals surface area contributed by atoms with E-state index in [9.17, 15) is 24.9 Å². The standard InChI is InChI=1S/C30H28O7/c1-3-36-29-18-21(9-15-27(29)34)7-13-25(32)24(17-20-5-11-23(31)12-6-20)26(33)14-8-22-10-16-28(35)30(19-22)37-4-2/h5-19,31,34-35H,3-4H2,1-2H3/b13-7+,14-8+. The molecule has 3 rings (SSSR count). The van der Waals surface area contributed by atoms with Crippen LogP contribution in [0.25, 0.3) is 18.2 Å². The van der Waals surface area contributed by atoms with Crippen molar-refractivity contribution in [2.45, 2.75) is 13.8 Å². The second kappa shape index (κ2) is 12.8. The van der Waals surface area contributed by atoms with Crippen LogP contribution < -0.4 is 9.47 Å². The Morgan fingerprint density at radius 2 is 1.11 bits per heavy atom. The van der Waals surface area contributed by atoms with Gasteiger partial charge in [-0.25, -0.2) is 0 Å². The van der Waals surface area contributed by atoms with E-state index in [1.165, 1.54) is 54.6 Å². The molecule has 0 bridgehead atoms. The third-order valence-electron chi connectivity index (χ3n) is 5.16. The number of ketones is 2. The first-order valence-electron chi connectivity index (χ1n) is 11.7. The van der Waals surface area contributed by atoms with E-state index >= 15 is 0 Å². The van der Waals surface area contributed by atoms with Crippen molar-refractivity contribution in [3.05, 3.63) is 95.1 Å². The number of aromatic hydroxyl groups is 3. The number of hydrogen-bond acceptors (Lipinski definition) is 7. The van der Waals surface area contributed by atoms with Gasteiger partial charge in [0.15, 0.2) is 34.6 Å². The first-order chi connectivity index (χ1) is 17.8. The Kier molecular flexibility index (Phi) is 9.27. The number of ether oxygens (including phenoxy) is 2. The van der Waals surface area contributed by atoms with Crippen LogP contribution in [0.4, 0.5) is 0 Å². The minimum absolute atomic E-state index is 0.0136. The van der Waals surface area contributed by atoms with Gasteiger partial charge >= 0.3 is 0 Å². The molecule has 37 heavy (non-hydrogen) atoms. The molecule has 0 radical (unpaired) electrons. The fraction of sp³-hybridized carbons (Fsp3) is 0.133. The molecule has 0 aliphatic heterocycles. The van der Waals surface area contributed by atoms with E-state index in [1.54, 1.807) is 50.2 Å². The summed E-state index contributed by atoms with van der Waals surface area (Å²) >= 11 is 0. The van der Waals surface area contributed by atoms with E-state index in [4.69, 9.17) is 9.47 Å². The van der Waals surface area contributed by atoms with Crippen LogP contribution >= 0.6 is 0 Å². The molecule has 0 heterocycles. The highest BCUT2D eigenvalue weighted by atomic mass is 16.5. The third-order valence-corrected chi connectivity index (χ3v) is 5.16. The molecule has 0 atom stereocenters. The van der Waals surface area contributed by atoms with Crippen molar-refractivity contribution in [2.75, 3.05) is 13.2 Å². The second-order valence-corrected chi connectivity index (χ2v) is 7.87. The van der Waals surface area contributed by atoms with Crippen molar-refractivity contribution in [3.8, 4) is 28.7 Å². The summed E-state index contributed by atoms with van der Waals surface area (Å²) in [5, 5.41) is 29.3. The number of benzene rings is 3. The van der Waals surface area contributed by atoms with E-state index in [-0.39, 0.29) is 34.3 Å². The molecular weight excluding hydrogens is 472 g/mol. The quantitative estimate of drug-likeness (QED) is 0.180. The summed E-state index contributed by atoms with van der Waals surface area (Å²) in [6, 6.07) is 15.4. The van der Waals surface area contributed by atoms with E-state index in [2.05, 4.69) is 0 Å². The number of rotatable bonds is 11. The molecule has 0 aromatic heterocycles. The molecule has 7 nitrogen and oxygen atoms in total. The van der Waals surface area contributed by atoms with Crippen LogP contribution in [0.3, 0.4) is 0 Å². The van der Waals surface area contributed by atoms with Gasteiger partial charge in [-0.2, -0.15) is 0 Å². The summed E-state index contributed by atoms with van der Waals surface area (Å²) in [5.74, 6) is -0.455. The third kappa shape index (κ3) is 7.60. The lowest BCUT2D eigenvalue weighted by Gasteiger charge is -2.06. The highest BCUT2D eigenvalue weighted by Gasteiger charge is 2.14. The van der Waals surface area contributed by atoms with E-state index in [1.807, 2.05) is 0 Å². The number of allylic oxidation sites excluding steroid dienone is 3. The van der Waals surface area contributed by atoms with Crippen molar-refractivity contribution < 1.29 is 34.4 Å². The van der Waals surface area contributed by atoms with E-state index in [0.717, 1.165) is 0 Å². The van der Waals surface area contributed by atoms with Gasteiger partial charge in [-0.1, -0.05) is 36.4 Å².